The number of hydrogen-bond donors (Lipinski definition) is 1. The summed E-state index contributed by atoms with van der Waals surface area (Å²) in [5.74, 6) is 0.334. The first-order valence-electron chi connectivity index (χ1n) is 11.7. The van der Waals surface area contributed by atoms with Crippen LogP contribution in [0.25, 0.3) is 28.1 Å². The maximum Gasteiger partial charge on any atom is 0.324 e. The van der Waals surface area contributed by atoms with Crippen molar-refractivity contribution in [3.8, 4) is 23.0 Å². The van der Waals surface area contributed by atoms with Gasteiger partial charge in [-0.2, -0.15) is 5.10 Å². The maximum absolute atomic E-state index is 13.0. The fraction of sp³-hybridized carbons (Fsp3) is 0.160. The van der Waals surface area contributed by atoms with Crippen molar-refractivity contribution in [2.24, 2.45) is 0 Å². The molecule has 198 valence electrons. The number of nitro groups is 1. The highest BCUT2D eigenvalue weighted by Gasteiger charge is 2.20. The van der Waals surface area contributed by atoms with Crippen molar-refractivity contribution >= 4 is 50.7 Å². The lowest BCUT2D eigenvalue weighted by Gasteiger charge is -2.10. The van der Waals surface area contributed by atoms with Crippen LogP contribution in [0.4, 0.5) is 10.8 Å². The normalized spacial score (nSPS) is 11.0. The first-order chi connectivity index (χ1) is 18.9. The van der Waals surface area contributed by atoms with Gasteiger partial charge in [0.2, 0.25) is 5.88 Å². The lowest BCUT2D eigenvalue weighted by Crippen LogP contribution is -2.13. The van der Waals surface area contributed by atoms with Crippen molar-refractivity contribution in [3.63, 3.8) is 0 Å². The highest BCUT2D eigenvalue weighted by Crippen LogP contribution is 2.29. The number of nitrogens with zero attached hydrogens (tertiary/aromatic N) is 6. The highest BCUT2D eigenvalue weighted by molar-refractivity contribution is 7.17. The van der Waals surface area contributed by atoms with Crippen LogP contribution < -0.4 is 10.1 Å². The van der Waals surface area contributed by atoms with Gasteiger partial charge in [0.15, 0.2) is 11.5 Å². The third kappa shape index (κ3) is 5.85. The minimum absolute atomic E-state index is 0.140. The van der Waals surface area contributed by atoms with Crippen LogP contribution in [0.15, 0.2) is 60.9 Å². The summed E-state index contributed by atoms with van der Waals surface area (Å²) >= 11 is 6.82. The number of nitrogens with one attached hydrogen (secondary N) is 1. The van der Waals surface area contributed by atoms with Crippen LogP contribution in [0.1, 0.15) is 16.6 Å². The van der Waals surface area contributed by atoms with E-state index in [1.54, 1.807) is 47.3 Å². The van der Waals surface area contributed by atoms with E-state index >= 15 is 0 Å². The Morgan fingerprint density at radius 3 is 2.62 bits per heavy atom. The van der Waals surface area contributed by atoms with E-state index in [4.69, 9.17) is 26.1 Å². The largest absolute Gasteiger partial charge is 0.475 e. The number of rotatable bonds is 10. The van der Waals surface area contributed by atoms with Gasteiger partial charge in [-0.15, -0.1) is 0 Å². The fourth-order valence-corrected chi connectivity index (χ4v) is 4.41. The molecule has 1 aromatic carbocycles. The van der Waals surface area contributed by atoms with Crippen LogP contribution in [0, 0.1) is 10.1 Å². The number of fused-ring (bicyclic) bond motifs is 1. The summed E-state index contributed by atoms with van der Waals surface area (Å²) in [5.41, 5.74) is 1.69. The third-order valence-corrected chi connectivity index (χ3v) is 6.69. The number of carbonyl (C=O) groups is 1. The van der Waals surface area contributed by atoms with Crippen LogP contribution in [-0.2, 0) is 4.74 Å². The van der Waals surface area contributed by atoms with Gasteiger partial charge in [-0.1, -0.05) is 22.9 Å². The monoisotopic (exact) mass is 565 g/mol. The molecule has 14 heteroatoms. The zero-order chi connectivity index (χ0) is 27.4. The van der Waals surface area contributed by atoms with Gasteiger partial charge in [0, 0.05) is 35.5 Å². The second-order valence-electron chi connectivity index (χ2n) is 7.95. The smallest absolute Gasteiger partial charge is 0.324 e. The molecule has 0 spiro atoms. The Bertz CT molecular complexity index is 1640. The third-order valence-electron chi connectivity index (χ3n) is 5.40. The molecule has 0 radical (unpaired) electrons. The molecule has 0 fully saturated rings. The molecule has 0 aliphatic heterocycles. The Kier molecular flexibility index (Phi) is 7.72. The fourth-order valence-electron chi connectivity index (χ4n) is 3.57. The Morgan fingerprint density at radius 2 is 1.92 bits per heavy atom. The minimum atomic E-state index is -0.547. The molecule has 4 heterocycles. The van der Waals surface area contributed by atoms with E-state index in [2.05, 4.69) is 20.4 Å². The van der Waals surface area contributed by atoms with Gasteiger partial charge in [0.05, 0.1) is 33.7 Å². The summed E-state index contributed by atoms with van der Waals surface area (Å²) in [6.45, 7) is 3.32. The Hall–Kier alpha value is -4.46. The van der Waals surface area contributed by atoms with E-state index < -0.39 is 10.8 Å². The van der Waals surface area contributed by atoms with Crippen molar-refractivity contribution in [1.29, 1.82) is 0 Å². The molecule has 5 aromatic rings. The molecule has 0 unspecified atom stereocenters. The van der Waals surface area contributed by atoms with Crippen LogP contribution in [-0.4, -0.2) is 55.4 Å². The van der Waals surface area contributed by atoms with Crippen LogP contribution in [0.5, 0.6) is 5.88 Å². The number of pyridine rings is 1. The van der Waals surface area contributed by atoms with E-state index in [1.165, 1.54) is 18.3 Å². The number of ether oxygens (including phenoxy) is 2. The number of benzene rings is 1. The lowest BCUT2D eigenvalue weighted by molar-refractivity contribution is -0.380. The van der Waals surface area contributed by atoms with Crippen molar-refractivity contribution in [2.45, 2.75) is 6.92 Å². The summed E-state index contributed by atoms with van der Waals surface area (Å²) in [5, 5.41) is 19.2. The second kappa shape index (κ2) is 11.5. The zero-order valence-electron chi connectivity index (χ0n) is 20.4. The Morgan fingerprint density at radius 1 is 1.10 bits per heavy atom. The number of thiophene rings is 1. The average Bonchev–Trinajstić information content (AvgIpc) is 3.60. The average molecular weight is 566 g/mol. The lowest BCUT2D eigenvalue weighted by atomic mass is 10.2. The van der Waals surface area contributed by atoms with Crippen molar-refractivity contribution in [2.75, 3.05) is 25.1 Å². The molecule has 5 rings (SSSR count). The van der Waals surface area contributed by atoms with E-state index in [9.17, 15) is 14.9 Å². The van der Waals surface area contributed by atoms with Gasteiger partial charge in [0.1, 0.15) is 12.4 Å². The van der Waals surface area contributed by atoms with Gasteiger partial charge in [-0.3, -0.25) is 14.9 Å². The minimum Gasteiger partial charge on any atom is -0.475 e. The summed E-state index contributed by atoms with van der Waals surface area (Å²) in [7, 11) is 0. The number of carbonyl (C=O) groups excluding carboxylic acids is 1. The summed E-state index contributed by atoms with van der Waals surface area (Å²) in [6.07, 6.45) is 3.10. The van der Waals surface area contributed by atoms with Gasteiger partial charge < -0.3 is 14.8 Å². The van der Waals surface area contributed by atoms with E-state index in [-0.39, 0.29) is 21.5 Å². The number of hydrogen-bond acceptors (Lipinski definition) is 10. The molecule has 12 nitrogen and oxygen atoms in total. The van der Waals surface area contributed by atoms with E-state index in [1.807, 2.05) is 6.92 Å². The molecule has 0 aliphatic rings. The number of anilines is 1. The van der Waals surface area contributed by atoms with Crippen LogP contribution in [0.3, 0.4) is 0 Å². The molecule has 39 heavy (non-hydrogen) atoms. The molecular formula is C25H20ClN7O5S. The molecule has 0 atom stereocenters. The standard InChI is InChI=1S/C25H20ClN7O5S/c1-2-37-11-12-38-20-9-3-15(13-27-20)22-29-23(31-25(34)19-8-10-21(39-19)33(35)36)18-14-28-32(24(18)30-22)17-6-4-16(26)5-7-17/h3-10,13-14H,2,11-12H2,1H3,(H,29,30,31,34). The number of amides is 1. The van der Waals surface area contributed by atoms with Gasteiger partial charge in [0.25, 0.3) is 5.91 Å². The summed E-state index contributed by atoms with van der Waals surface area (Å²) in [6, 6.07) is 13.1. The van der Waals surface area contributed by atoms with Crippen LogP contribution >= 0.6 is 22.9 Å². The predicted molar refractivity (Wildman–Crippen MR) is 146 cm³/mol. The molecule has 1 N–H and O–H groups in total. The zero-order valence-corrected chi connectivity index (χ0v) is 22.0. The van der Waals surface area contributed by atoms with E-state index in [0.717, 1.165) is 11.3 Å². The molecule has 0 bridgehead atoms. The van der Waals surface area contributed by atoms with Gasteiger partial charge in [-0.05, 0) is 43.3 Å². The van der Waals surface area contributed by atoms with Crippen LogP contribution in [0.2, 0.25) is 5.02 Å². The quantitative estimate of drug-likeness (QED) is 0.137. The molecule has 0 saturated heterocycles. The number of aromatic nitrogens is 5. The molecule has 0 saturated carbocycles. The second-order valence-corrected chi connectivity index (χ2v) is 9.44. The van der Waals surface area contributed by atoms with Crippen molar-refractivity contribution in [1.82, 2.24) is 24.7 Å². The molecule has 1 amide bonds. The predicted octanol–water partition coefficient (Wildman–Crippen LogP) is 5.17. The molecule has 4 aromatic heterocycles. The summed E-state index contributed by atoms with van der Waals surface area (Å²) < 4.78 is 12.5. The van der Waals surface area contributed by atoms with Gasteiger partial charge >= 0.3 is 5.00 Å². The van der Waals surface area contributed by atoms with Crippen molar-refractivity contribution < 1.29 is 19.2 Å². The Labute approximate surface area is 230 Å². The highest BCUT2D eigenvalue weighted by atomic mass is 35.5. The topological polar surface area (TPSA) is 147 Å². The van der Waals surface area contributed by atoms with Gasteiger partial charge in [-0.25, -0.2) is 19.6 Å². The van der Waals surface area contributed by atoms with Crippen molar-refractivity contribution in [3.05, 3.63) is 80.9 Å². The maximum atomic E-state index is 13.0. The summed E-state index contributed by atoms with van der Waals surface area (Å²) in [4.78, 5) is 37.3. The molecular weight excluding hydrogens is 546 g/mol. The molecule has 0 aliphatic carbocycles. The first-order valence-corrected chi connectivity index (χ1v) is 12.9. The Balaban J connectivity index is 1.52. The SMILES string of the molecule is CCOCCOc1ccc(-c2nc(NC(=O)c3ccc([N+](=O)[O-])s3)c3cnn(-c4ccc(Cl)cc4)c3n2)cn1. The number of halogens is 1. The first kappa shape index (κ1) is 26.2. The van der Waals surface area contributed by atoms with E-state index in [0.29, 0.717) is 53.0 Å².